The molecule has 0 saturated heterocycles. The Morgan fingerprint density at radius 2 is 2.00 bits per heavy atom. The Bertz CT molecular complexity index is 772. The zero-order valence-electron chi connectivity index (χ0n) is 13.3. The monoisotopic (exact) mass is 317 g/mol. The van der Waals surface area contributed by atoms with Crippen molar-refractivity contribution in [1.82, 2.24) is 14.5 Å². The first kappa shape index (κ1) is 16.5. The molecule has 23 heavy (non-hydrogen) atoms. The van der Waals surface area contributed by atoms with Crippen molar-refractivity contribution in [3.8, 4) is 22.9 Å². The van der Waals surface area contributed by atoms with Crippen LogP contribution in [0, 0.1) is 0 Å². The standard InChI is InChI=1S/C15H19N5O3/c1-5-8-20(16)14-17-13(19(2)15(21)18-14)10-6-7-11(22-3)12(9-10)23-4/h5-7,9H,1,8,16H2,2-4H3. The topological polar surface area (TPSA) is 95.5 Å². The van der Waals surface area contributed by atoms with E-state index in [1.165, 1.54) is 16.7 Å². The minimum absolute atomic E-state index is 0.123. The normalized spacial score (nSPS) is 10.3. The number of rotatable bonds is 6. The van der Waals surface area contributed by atoms with Crippen molar-refractivity contribution >= 4 is 5.95 Å². The average Bonchev–Trinajstić information content (AvgIpc) is 2.56. The van der Waals surface area contributed by atoms with Crippen molar-refractivity contribution in [3.05, 3.63) is 41.3 Å². The van der Waals surface area contributed by atoms with Gasteiger partial charge >= 0.3 is 5.69 Å². The Morgan fingerprint density at radius 3 is 2.61 bits per heavy atom. The van der Waals surface area contributed by atoms with Gasteiger partial charge in [0.1, 0.15) is 5.82 Å². The molecule has 2 rings (SSSR count). The highest BCUT2D eigenvalue weighted by Gasteiger charge is 2.14. The Hall–Kier alpha value is -2.87. The van der Waals surface area contributed by atoms with Crippen LogP contribution >= 0.6 is 0 Å². The summed E-state index contributed by atoms with van der Waals surface area (Å²) in [5.41, 5.74) is 0.220. The highest BCUT2D eigenvalue weighted by Crippen LogP contribution is 2.31. The van der Waals surface area contributed by atoms with Crippen LogP contribution < -0.4 is 26.0 Å². The van der Waals surface area contributed by atoms with Crippen LogP contribution in [0.4, 0.5) is 5.95 Å². The van der Waals surface area contributed by atoms with Gasteiger partial charge in [0, 0.05) is 12.6 Å². The summed E-state index contributed by atoms with van der Waals surface area (Å²) in [7, 11) is 4.68. The minimum Gasteiger partial charge on any atom is -0.493 e. The molecule has 0 amide bonds. The molecule has 0 saturated carbocycles. The summed E-state index contributed by atoms with van der Waals surface area (Å²) in [6.07, 6.45) is 1.59. The van der Waals surface area contributed by atoms with Gasteiger partial charge in [-0.1, -0.05) is 6.08 Å². The highest BCUT2D eigenvalue weighted by atomic mass is 16.5. The van der Waals surface area contributed by atoms with Crippen LogP contribution in [0.2, 0.25) is 0 Å². The molecule has 0 aliphatic heterocycles. The number of hydrazine groups is 1. The maximum absolute atomic E-state index is 12.1. The second kappa shape index (κ2) is 6.93. The van der Waals surface area contributed by atoms with Gasteiger partial charge in [-0.05, 0) is 18.2 Å². The molecular formula is C15H19N5O3. The van der Waals surface area contributed by atoms with E-state index in [2.05, 4.69) is 16.5 Å². The van der Waals surface area contributed by atoms with Crippen LogP contribution in [-0.4, -0.2) is 35.3 Å². The van der Waals surface area contributed by atoms with Gasteiger partial charge in [0.25, 0.3) is 0 Å². The minimum atomic E-state index is -0.459. The van der Waals surface area contributed by atoms with Gasteiger partial charge < -0.3 is 9.47 Å². The second-order valence-electron chi connectivity index (χ2n) is 4.70. The quantitative estimate of drug-likeness (QED) is 0.476. The van der Waals surface area contributed by atoms with Crippen molar-refractivity contribution in [2.45, 2.75) is 0 Å². The van der Waals surface area contributed by atoms with Gasteiger partial charge in [-0.15, -0.1) is 6.58 Å². The van der Waals surface area contributed by atoms with E-state index >= 15 is 0 Å². The van der Waals surface area contributed by atoms with Crippen LogP contribution in [0.5, 0.6) is 11.5 Å². The molecule has 0 unspecified atom stereocenters. The summed E-state index contributed by atoms with van der Waals surface area (Å²) in [6.45, 7) is 3.92. The van der Waals surface area contributed by atoms with E-state index in [0.29, 0.717) is 29.4 Å². The van der Waals surface area contributed by atoms with Crippen LogP contribution in [0.3, 0.4) is 0 Å². The number of benzene rings is 1. The lowest BCUT2D eigenvalue weighted by Crippen LogP contribution is -2.36. The lowest BCUT2D eigenvalue weighted by Gasteiger charge is -2.16. The molecule has 1 heterocycles. The summed E-state index contributed by atoms with van der Waals surface area (Å²) < 4.78 is 11.8. The number of methoxy groups -OCH3 is 2. The molecule has 0 fully saturated rings. The number of anilines is 1. The van der Waals surface area contributed by atoms with Crippen molar-refractivity contribution < 1.29 is 9.47 Å². The number of nitrogens with two attached hydrogens (primary N) is 1. The Morgan fingerprint density at radius 1 is 1.30 bits per heavy atom. The highest BCUT2D eigenvalue weighted by molar-refractivity contribution is 5.62. The molecule has 0 aliphatic carbocycles. The molecule has 0 aliphatic rings. The maximum atomic E-state index is 12.1. The van der Waals surface area contributed by atoms with Crippen molar-refractivity contribution in [1.29, 1.82) is 0 Å². The number of nitrogens with zero attached hydrogens (tertiary/aromatic N) is 4. The molecule has 0 spiro atoms. The predicted octanol–water partition coefficient (Wildman–Crippen LogP) is 0.726. The van der Waals surface area contributed by atoms with E-state index in [1.807, 2.05) is 0 Å². The van der Waals surface area contributed by atoms with E-state index < -0.39 is 5.69 Å². The number of hydrogen-bond acceptors (Lipinski definition) is 7. The molecule has 1 aromatic heterocycles. The first-order valence-electron chi connectivity index (χ1n) is 6.82. The van der Waals surface area contributed by atoms with E-state index in [4.69, 9.17) is 15.3 Å². The van der Waals surface area contributed by atoms with E-state index in [1.54, 1.807) is 38.4 Å². The molecule has 0 bridgehead atoms. The van der Waals surface area contributed by atoms with Crippen molar-refractivity contribution in [2.24, 2.45) is 12.9 Å². The molecule has 122 valence electrons. The fourth-order valence-electron chi connectivity index (χ4n) is 2.03. The Kier molecular flexibility index (Phi) is 4.97. The summed E-state index contributed by atoms with van der Waals surface area (Å²) in [4.78, 5) is 20.3. The molecule has 2 aromatic rings. The third-order valence-electron chi connectivity index (χ3n) is 3.23. The average molecular weight is 317 g/mol. The van der Waals surface area contributed by atoms with Crippen LogP contribution in [-0.2, 0) is 7.05 Å². The largest absolute Gasteiger partial charge is 0.493 e. The number of ether oxygens (including phenoxy) is 2. The molecule has 0 radical (unpaired) electrons. The van der Waals surface area contributed by atoms with Crippen molar-refractivity contribution in [2.75, 3.05) is 25.8 Å². The fraction of sp³-hybridized carbons (Fsp3) is 0.267. The van der Waals surface area contributed by atoms with Gasteiger partial charge in [0.15, 0.2) is 11.5 Å². The molecular weight excluding hydrogens is 298 g/mol. The van der Waals surface area contributed by atoms with Crippen LogP contribution in [0.15, 0.2) is 35.6 Å². The fourth-order valence-corrected chi connectivity index (χ4v) is 2.03. The summed E-state index contributed by atoms with van der Waals surface area (Å²) in [5, 5.41) is 1.25. The number of hydrogen-bond donors (Lipinski definition) is 1. The van der Waals surface area contributed by atoms with E-state index in [-0.39, 0.29) is 5.95 Å². The molecule has 1 aromatic carbocycles. The SMILES string of the molecule is C=CCN(N)c1nc(-c2ccc(OC)c(OC)c2)n(C)c(=O)n1. The zero-order chi connectivity index (χ0) is 17.0. The summed E-state index contributed by atoms with van der Waals surface area (Å²) in [6, 6.07) is 5.25. The maximum Gasteiger partial charge on any atom is 0.352 e. The predicted molar refractivity (Wildman–Crippen MR) is 87.5 cm³/mol. The Balaban J connectivity index is 2.58. The molecule has 0 atom stereocenters. The molecule has 8 nitrogen and oxygen atoms in total. The Labute approximate surface area is 133 Å². The summed E-state index contributed by atoms with van der Waals surface area (Å²) >= 11 is 0. The first-order valence-corrected chi connectivity index (χ1v) is 6.82. The first-order chi connectivity index (χ1) is 11.0. The van der Waals surface area contributed by atoms with Crippen molar-refractivity contribution in [3.63, 3.8) is 0 Å². The smallest absolute Gasteiger partial charge is 0.352 e. The van der Waals surface area contributed by atoms with Crippen LogP contribution in [0.1, 0.15) is 0 Å². The zero-order valence-corrected chi connectivity index (χ0v) is 13.3. The van der Waals surface area contributed by atoms with Crippen LogP contribution in [0.25, 0.3) is 11.4 Å². The number of aromatic nitrogens is 3. The molecule has 8 heteroatoms. The third kappa shape index (κ3) is 3.32. The van der Waals surface area contributed by atoms with Gasteiger partial charge in [-0.25, -0.2) is 10.6 Å². The van der Waals surface area contributed by atoms with Gasteiger partial charge in [-0.2, -0.15) is 9.97 Å². The van der Waals surface area contributed by atoms with Gasteiger partial charge in [0.2, 0.25) is 5.95 Å². The third-order valence-corrected chi connectivity index (χ3v) is 3.23. The lowest BCUT2D eigenvalue weighted by molar-refractivity contribution is 0.355. The van der Waals surface area contributed by atoms with Gasteiger partial charge in [0.05, 0.1) is 20.8 Å². The summed E-state index contributed by atoms with van der Waals surface area (Å²) in [5.74, 6) is 7.48. The van der Waals surface area contributed by atoms with E-state index in [0.717, 1.165) is 0 Å². The molecule has 2 N–H and O–H groups in total. The van der Waals surface area contributed by atoms with Gasteiger partial charge in [-0.3, -0.25) is 9.58 Å². The lowest BCUT2D eigenvalue weighted by atomic mass is 10.2. The van der Waals surface area contributed by atoms with E-state index in [9.17, 15) is 4.79 Å². The second-order valence-corrected chi connectivity index (χ2v) is 4.70.